The zero-order valence-corrected chi connectivity index (χ0v) is 16.4. The molecule has 1 amide bonds. The molecule has 0 aliphatic rings. The topological polar surface area (TPSA) is 77.8 Å². The number of anilines is 1. The first-order chi connectivity index (χ1) is 13.4. The maximum atomic E-state index is 12.3. The number of aryl methyl sites for hydroxylation is 2. The van der Waals surface area contributed by atoms with E-state index in [-0.39, 0.29) is 6.42 Å². The van der Waals surface area contributed by atoms with Gasteiger partial charge in [0.25, 0.3) is 5.91 Å². The van der Waals surface area contributed by atoms with Crippen LogP contribution in [0.3, 0.4) is 0 Å². The molecule has 0 saturated heterocycles. The predicted molar refractivity (Wildman–Crippen MR) is 107 cm³/mol. The van der Waals surface area contributed by atoms with Crippen LogP contribution in [0, 0.1) is 13.8 Å². The molecule has 0 unspecified atom stereocenters. The molecular formula is C22H23NO5. The van der Waals surface area contributed by atoms with E-state index in [9.17, 15) is 9.59 Å². The van der Waals surface area contributed by atoms with Gasteiger partial charge < -0.3 is 19.2 Å². The lowest BCUT2D eigenvalue weighted by atomic mass is 10.0. The van der Waals surface area contributed by atoms with Gasteiger partial charge in [0.15, 0.2) is 6.10 Å². The summed E-state index contributed by atoms with van der Waals surface area (Å²) < 4.78 is 15.9. The molecule has 1 aromatic heterocycles. The highest BCUT2D eigenvalue weighted by Gasteiger charge is 2.20. The van der Waals surface area contributed by atoms with E-state index in [2.05, 4.69) is 5.32 Å². The van der Waals surface area contributed by atoms with Crippen LogP contribution in [0.25, 0.3) is 11.0 Å². The molecule has 6 nitrogen and oxygen atoms in total. The Labute approximate surface area is 163 Å². The number of carbonyl (C=O) groups excluding carboxylic acids is 2. The molecule has 0 spiro atoms. The van der Waals surface area contributed by atoms with E-state index in [1.54, 1.807) is 37.6 Å². The summed E-state index contributed by atoms with van der Waals surface area (Å²) in [4.78, 5) is 24.6. The molecule has 0 fully saturated rings. The molecule has 146 valence electrons. The largest absolute Gasteiger partial charge is 0.497 e. The lowest BCUT2D eigenvalue weighted by Gasteiger charge is -2.13. The van der Waals surface area contributed by atoms with Gasteiger partial charge in [0.1, 0.15) is 11.3 Å². The third-order valence-electron chi connectivity index (χ3n) is 4.64. The number of fused-ring (bicyclic) bond motifs is 1. The zero-order valence-electron chi connectivity index (χ0n) is 16.4. The summed E-state index contributed by atoms with van der Waals surface area (Å²) in [6, 6.07) is 10.8. The van der Waals surface area contributed by atoms with Gasteiger partial charge in [0, 0.05) is 16.6 Å². The first kappa shape index (κ1) is 19.5. The first-order valence-electron chi connectivity index (χ1n) is 8.99. The Kier molecular flexibility index (Phi) is 5.68. The summed E-state index contributed by atoms with van der Waals surface area (Å²) in [5.41, 5.74) is 4.32. The summed E-state index contributed by atoms with van der Waals surface area (Å²) in [6.45, 7) is 5.56. The fourth-order valence-corrected chi connectivity index (χ4v) is 2.84. The number of nitrogens with one attached hydrogen (secondary N) is 1. The number of amides is 1. The molecule has 3 rings (SSSR count). The van der Waals surface area contributed by atoms with Crippen LogP contribution in [0.4, 0.5) is 5.69 Å². The third-order valence-corrected chi connectivity index (χ3v) is 4.64. The number of rotatable bonds is 6. The number of carbonyl (C=O) groups is 2. The van der Waals surface area contributed by atoms with Crippen LogP contribution in [-0.2, 0) is 20.7 Å². The molecule has 6 heteroatoms. The summed E-state index contributed by atoms with van der Waals surface area (Å²) in [7, 11) is 1.57. The van der Waals surface area contributed by atoms with Gasteiger partial charge in [-0.05, 0) is 68.3 Å². The number of methoxy groups -OCH3 is 1. The minimum atomic E-state index is -0.920. The van der Waals surface area contributed by atoms with Crippen LogP contribution in [0.5, 0.6) is 5.75 Å². The van der Waals surface area contributed by atoms with Crippen LogP contribution in [-0.4, -0.2) is 25.1 Å². The van der Waals surface area contributed by atoms with E-state index in [0.29, 0.717) is 11.4 Å². The van der Waals surface area contributed by atoms with Gasteiger partial charge in [-0.15, -0.1) is 0 Å². The van der Waals surface area contributed by atoms with Gasteiger partial charge in [-0.1, -0.05) is 0 Å². The van der Waals surface area contributed by atoms with Gasteiger partial charge in [0.2, 0.25) is 0 Å². The normalized spacial score (nSPS) is 11.9. The highest BCUT2D eigenvalue weighted by molar-refractivity contribution is 5.95. The summed E-state index contributed by atoms with van der Waals surface area (Å²) in [6.07, 6.45) is 0.680. The number of hydrogen-bond acceptors (Lipinski definition) is 5. The van der Waals surface area contributed by atoms with Crippen molar-refractivity contribution in [1.29, 1.82) is 0 Å². The van der Waals surface area contributed by atoms with E-state index in [1.165, 1.54) is 6.92 Å². The van der Waals surface area contributed by atoms with E-state index in [4.69, 9.17) is 13.9 Å². The monoisotopic (exact) mass is 381 g/mol. The Morgan fingerprint density at radius 2 is 1.79 bits per heavy atom. The minimum Gasteiger partial charge on any atom is -0.497 e. The molecule has 2 aromatic carbocycles. The van der Waals surface area contributed by atoms with Crippen molar-refractivity contribution in [3.8, 4) is 5.75 Å². The quantitative estimate of drug-likeness (QED) is 0.649. The lowest BCUT2D eigenvalue weighted by molar-refractivity contribution is -0.152. The van der Waals surface area contributed by atoms with E-state index in [1.807, 2.05) is 26.0 Å². The fraction of sp³-hybridized carbons (Fsp3) is 0.273. The SMILES string of the molecule is COc1ccc(NC(=O)[C@H](C)OC(=O)Cc2coc3cc(C)c(C)cc23)cc1. The molecule has 1 heterocycles. The smallest absolute Gasteiger partial charge is 0.311 e. The van der Waals surface area contributed by atoms with Crippen molar-refractivity contribution in [2.45, 2.75) is 33.3 Å². The lowest BCUT2D eigenvalue weighted by Crippen LogP contribution is -2.30. The molecule has 28 heavy (non-hydrogen) atoms. The number of furan rings is 1. The minimum absolute atomic E-state index is 0.0374. The molecule has 0 bridgehead atoms. The third kappa shape index (κ3) is 4.34. The molecule has 0 saturated carbocycles. The van der Waals surface area contributed by atoms with Gasteiger partial charge in [-0.3, -0.25) is 9.59 Å². The van der Waals surface area contributed by atoms with Gasteiger partial charge >= 0.3 is 5.97 Å². The Hall–Kier alpha value is -3.28. The number of ether oxygens (including phenoxy) is 2. The average Bonchev–Trinajstić information content (AvgIpc) is 3.04. The van der Waals surface area contributed by atoms with Crippen molar-refractivity contribution >= 4 is 28.5 Å². The van der Waals surface area contributed by atoms with Crippen molar-refractivity contribution < 1.29 is 23.5 Å². The van der Waals surface area contributed by atoms with Crippen LogP contribution >= 0.6 is 0 Å². The Bertz CT molecular complexity index is 1000. The van der Waals surface area contributed by atoms with Crippen LogP contribution in [0.1, 0.15) is 23.6 Å². The molecule has 0 radical (unpaired) electrons. The number of benzene rings is 2. The Morgan fingerprint density at radius 3 is 2.46 bits per heavy atom. The maximum Gasteiger partial charge on any atom is 0.311 e. The highest BCUT2D eigenvalue weighted by Crippen LogP contribution is 2.25. The van der Waals surface area contributed by atoms with Gasteiger partial charge in [-0.25, -0.2) is 0 Å². The second-order valence-corrected chi connectivity index (χ2v) is 6.72. The molecule has 0 aliphatic carbocycles. The average molecular weight is 381 g/mol. The first-order valence-corrected chi connectivity index (χ1v) is 8.99. The van der Waals surface area contributed by atoms with Crippen LogP contribution < -0.4 is 10.1 Å². The second-order valence-electron chi connectivity index (χ2n) is 6.72. The standard InChI is InChI=1S/C22H23NO5/c1-13-9-19-16(12-27-20(19)10-14(13)2)11-21(24)28-15(3)22(25)23-17-5-7-18(26-4)8-6-17/h5-10,12,15H,11H2,1-4H3,(H,23,25)/t15-/m0/s1. The fourth-order valence-electron chi connectivity index (χ4n) is 2.84. The molecule has 1 atom stereocenters. The highest BCUT2D eigenvalue weighted by atomic mass is 16.5. The van der Waals surface area contributed by atoms with Crippen molar-refractivity contribution in [1.82, 2.24) is 0 Å². The van der Waals surface area contributed by atoms with Gasteiger partial charge in [-0.2, -0.15) is 0 Å². The number of esters is 1. The summed E-state index contributed by atoms with van der Waals surface area (Å²) in [5.74, 6) is -0.199. The van der Waals surface area contributed by atoms with Crippen molar-refractivity contribution in [3.05, 3.63) is 59.4 Å². The predicted octanol–water partition coefficient (Wildman–Crippen LogP) is 4.17. The molecule has 0 aliphatic heterocycles. The zero-order chi connectivity index (χ0) is 20.3. The molecule has 3 aromatic rings. The summed E-state index contributed by atoms with van der Waals surface area (Å²) >= 11 is 0. The van der Waals surface area contributed by atoms with Gasteiger partial charge in [0.05, 0.1) is 19.8 Å². The van der Waals surface area contributed by atoms with E-state index < -0.39 is 18.0 Å². The maximum absolute atomic E-state index is 12.3. The van der Waals surface area contributed by atoms with Crippen LogP contribution in [0.15, 0.2) is 47.1 Å². The van der Waals surface area contributed by atoms with E-state index in [0.717, 1.165) is 27.7 Å². The Morgan fingerprint density at radius 1 is 1.11 bits per heavy atom. The molecule has 1 N–H and O–H groups in total. The van der Waals surface area contributed by atoms with Crippen molar-refractivity contribution in [3.63, 3.8) is 0 Å². The van der Waals surface area contributed by atoms with Crippen molar-refractivity contribution in [2.75, 3.05) is 12.4 Å². The Balaban J connectivity index is 1.60. The van der Waals surface area contributed by atoms with E-state index >= 15 is 0 Å². The second kappa shape index (κ2) is 8.17. The van der Waals surface area contributed by atoms with Crippen LogP contribution in [0.2, 0.25) is 0 Å². The van der Waals surface area contributed by atoms with Crippen molar-refractivity contribution in [2.24, 2.45) is 0 Å². The summed E-state index contributed by atoms with van der Waals surface area (Å²) in [5, 5.41) is 3.59. The molecular weight excluding hydrogens is 358 g/mol. The number of hydrogen-bond donors (Lipinski definition) is 1.